The first-order chi connectivity index (χ1) is 8.43. The van der Waals surface area contributed by atoms with Crippen LogP contribution in [0.5, 0.6) is 0 Å². The Morgan fingerprint density at radius 1 is 1.33 bits per heavy atom. The summed E-state index contributed by atoms with van der Waals surface area (Å²) < 4.78 is 0. The van der Waals surface area contributed by atoms with Crippen LogP contribution in [0.15, 0.2) is 18.2 Å². The molecule has 100 valence electrons. The second kappa shape index (κ2) is 6.28. The molecular weight excluding hydrogens is 226 g/mol. The van der Waals surface area contributed by atoms with Gasteiger partial charge in [0.25, 0.3) is 5.91 Å². The Kier molecular flexibility index (Phi) is 5.01. The number of carbonyl (C=O) groups excluding carboxylic acids is 1. The van der Waals surface area contributed by atoms with Gasteiger partial charge in [-0.25, -0.2) is 0 Å². The standard InChI is InChI=1S/C14H23N3O/c1-4-9(2)7-10(3)17-14(18)12-6-5-11(15)8-13(12)16/h5-6,8-10H,4,7,15-16H2,1-3H3,(H,17,18). The first-order valence-corrected chi connectivity index (χ1v) is 6.39. The Labute approximate surface area is 109 Å². The average Bonchev–Trinajstić information content (AvgIpc) is 2.28. The summed E-state index contributed by atoms with van der Waals surface area (Å²) in [6, 6.07) is 5.10. The molecule has 2 atom stereocenters. The van der Waals surface area contributed by atoms with Crippen LogP contribution in [0.2, 0.25) is 0 Å². The summed E-state index contributed by atoms with van der Waals surface area (Å²) in [7, 11) is 0. The van der Waals surface area contributed by atoms with Gasteiger partial charge in [-0.1, -0.05) is 20.3 Å². The third-order valence-electron chi connectivity index (χ3n) is 3.15. The molecule has 2 unspecified atom stereocenters. The number of benzene rings is 1. The largest absolute Gasteiger partial charge is 0.399 e. The van der Waals surface area contributed by atoms with Gasteiger partial charge < -0.3 is 16.8 Å². The lowest BCUT2D eigenvalue weighted by molar-refractivity contribution is 0.0936. The number of nitrogens with two attached hydrogens (primary N) is 2. The van der Waals surface area contributed by atoms with Crippen LogP contribution in [0.25, 0.3) is 0 Å². The fourth-order valence-corrected chi connectivity index (χ4v) is 1.92. The quantitative estimate of drug-likeness (QED) is 0.701. The molecule has 0 spiro atoms. The second-order valence-corrected chi connectivity index (χ2v) is 4.97. The minimum absolute atomic E-state index is 0.136. The van der Waals surface area contributed by atoms with E-state index in [1.54, 1.807) is 18.2 Å². The minimum Gasteiger partial charge on any atom is -0.399 e. The second-order valence-electron chi connectivity index (χ2n) is 4.97. The van der Waals surface area contributed by atoms with E-state index in [0.717, 1.165) is 12.8 Å². The first kappa shape index (κ1) is 14.4. The van der Waals surface area contributed by atoms with Crippen molar-refractivity contribution in [2.24, 2.45) is 5.92 Å². The van der Waals surface area contributed by atoms with Crippen LogP contribution in [0.1, 0.15) is 44.0 Å². The monoisotopic (exact) mass is 249 g/mol. The first-order valence-electron chi connectivity index (χ1n) is 6.39. The fraction of sp³-hybridized carbons (Fsp3) is 0.500. The maximum absolute atomic E-state index is 12.0. The highest BCUT2D eigenvalue weighted by Gasteiger charge is 2.14. The van der Waals surface area contributed by atoms with Crippen LogP contribution in [-0.2, 0) is 0 Å². The molecule has 0 saturated heterocycles. The molecule has 5 N–H and O–H groups in total. The minimum atomic E-state index is -0.136. The predicted octanol–water partition coefficient (Wildman–Crippen LogP) is 2.41. The zero-order valence-corrected chi connectivity index (χ0v) is 11.4. The van der Waals surface area contributed by atoms with Crippen LogP contribution in [0, 0.1) is 5.92 Å². The Balaban J connectivity index is 2.65. The summed E-state index contributed by atoms with van der Waals surface area (Å²) in [6.07, 6.45) is 2.08. The number of rotatable bonds is 5. The summed E-state index contributed by atoms with van der Waals surface area (Å²) in [4.78, 5) is 12.0. The zero-order valence-electron chi connectivity index (χ0n) is 11.4. The highest BCUT2D eigenvalue weighted by Crippen LogP contribution is 2.16. The van der Waals surface area contributed by atoms with E-state index in [-0.39, 0.29) is 11.9 Å². The lowest BCUT2D eigenvalue weighted by Crippen LogP contribution is -2.34. The van der Waals surface area contributed by atoms with Gasteiger partial charge in [-0.15, -0.1) is 0 Å². The van der Waals surface area contributed by atoms with Gasteiger partial charge >= 0.3 is 0 Å². The number of nitrogens with one attached hydrogen (secondary N) is 1. The number of anilines is 2. The van der Waals surface area contributed by atoms with Crippen molar-refractivity contribution < 1.29 is 4.79 Å². The molecule has 1 rings (SSSR count). The highest BCUT2D eigenvalue weighted by molar-refractivity contribution is 5.99. The van der Waals surface area contributed by atoms with Crippen molar-refractivity contribution in [1.82, 2.24) is 5.32 Å². The molecule has 4 heteroatoms. The molecule has 0 aliphatic heterocycles. The number of nitrogen functional groups attached to an aromatic ring is 2. The van der Waals surface area contributed by atoms with E-state index in [1.807, 2.05) is 6.92 Å². The van der Waals surface area contributed by atoms with Gasteiger partial charge in [-0.2, -0.15) is 0 Å². The van der Waals surface area contributed by atoms with E-state index in [1.165, 1.54) is 0 Å². The van der Waals surface area contributed by atoms with Crippen LogP contribution in [0.3, 0.4) is 0 Å². The van der Waals surface area contributed by atoms with Crippen molar-refractivity contribution >= 4 is 17.3 Å². The molecule has 18 heavy (non-hydrogen) atoms. The maximum atomic E-state index is 12.0. The van der Waals surface area contributed by atoms with Crippen molar-refractivity contribution in [2.75, 3.05) is 11.5 Å². The van der Waals surface area contributed by atoms with Crippen molar-refractivity contribution in [3.8, 4) is 0 Å². The Bertz CT molecular complexity index is 418. The molecule has 0 bridgehead atoms. The van der Waals surface area contributed by atoms with Crippen molar-refractivity contribution in [2.45, 2.75) is 39.7 Å². The van der Waals surface area contributed by atoms with E-state index >= 15 is 0 Å². The molecule has 0 heterocycles. The van der Waals surface area contributed by atoms with Gasteiger partial charge in [0.2, 0.25) is 0 Å². The van der Waals surface area contributed by atoms with Crippen molar-refractivity contribution in [3.63, 3.8) is 0 Å². The lowest BCUT2D eigenvalue weighted by Gasteiger charge is -2.18. The zero-order chi connectivity index (χ0) is 13.7. The van der Waals surface area contributed by atoms with E-state index in [9.17, 15) is 4.79 Å². The van der Waals surface area contributed by atoms with Crippen LogP contribution in [0.4, 0.5) is 11.4 Å². The van der Waals surface area contributed by atoms with Gasteiger partial charge in [0, 0.05) is 17.4 Å². The third-order valence-corrected chi connectivity index (χ3v) is 3.15. The Morgan fingerprint density at radius 3 is 2.56 bits per heavy atom. The lowest BCUT2D eigenvalue weighted by atomic mass is 10.00. The maximum Gasteiger partial charge on any atom is 0.253 e. The van der Waals surface area contributed by atoms with Crippen LogP contribution < -0.4 is 16.8 Å². The molecule has 0 aliphatic rings. The fourth-order valence-electron chi connectivity index (χ4n) is 1.92. The average molecular weight is 249 g/mol. The SMILES string of the molecule is CCC(C)CC(C)NC(=O)c1ccc(N)cc1N. The summed E-state index contributed by atoms with van der Waals surface area (Å²) >= 11 is 0. The van der Waals surface area contributed by atoms with Gasteiger partial charge in [-0.05, 0) is 37.5 Å². The van der Waals surface area contributed by atoms with Crippen LogP contribution in [-0.4, -0.2) is 11.9 Å². The number of hydrogen-bond acceptors (Lipinski definition) is 3. The van der Waals surface area contributed by atoms with Crippen molar-refractivity contribution in [1.29, 1.82) is 0 Å². The van der Waals surface area contributed by atoms with E-state index in [4.69, 9.17) is 11.5 Å². The molecule has 1 aromatic rings. The van der Waals surface area contributed by atoms with Gasteiger partial charge in [0.15, 0.2) is 0 Å². The molecule has 1 amide bonds. The molecular formula is C14H23N3O. The number of carbonyl (C=O) groups is 1. The van der Waals surface area contributed by atoms with Gasteiger partial charge in [0.05, 0.1) is 5.56 Å². The topological polar surface area (TPSA) is 81.1 Å². The van der Waals surface area contributed by atoms with Crippen molar-refractivity contribution in [3.05, 3.63) is 23.8 Å². The Morgan fingerprint density at radius 2 is 2.00 bits per heavy atom. The number of amides is 1. The van der Waals surface area contributed by atoms with Crippen LogP contribution >= 0.6 is 0 Å². The van der Waals surface area contributed by atoms with Gasteiger partial charge in [0.1, 0.15) is 0 Å². The molecule has 0 saturated carbocycles. The smallest absolute Gasteiger partial charge is 0.253 e. The van der Waals surface area contributed by atoms with E-state index < -0.39 is 0 Å². The Hall–Kier alpha value is -1.71. The molecule has 0 radical (unpaired) electrons. The highest BCUT2D eigenvalue weighted by atomic mass is 16.1. The third kappa shape index (κ3) is 3.95. The summed E-state index contributed by atoms with van der Waals surface area (Å²) in [6.45, 7) is 6.34. The molecule has 0 aliphatic carbocycles. The van der Waals surface area contributed by atoms with E-state index in [0.29, 0.717) is 22.9 Å². The van der Waals surface area contributed by atoms with Gasteiger partial charge in [-0.3, -0.25) is 4.79 Å². The molecule has 1 aromatic carbocycles. The molecule has 4 nitrogen and oxygen atoms in total. The summed E-state index contributed by atoms with van der Waals surface area (Å²) in [5, 5.41) is 2.96. The predicted molar refractivity (Wildman–Crippen MR) is 76.3 cm³/mol. The normalized spacial score (nSPS) is 13.9. The molecule has 0 fully saturated rings. The number of hydrogen-bond donors (Lipinski definition) is 3. The summed E-state index contributed by atoms with van der Waals surface area (Å²) in [5.41, 5.74) is 12.9. The van der Waals surface area contributed by atoms with E-state index in [2.05, 4.69) is 19.2 Å². The summed E-state index contributed by atoms with van der Waals surface area (Å²) in [5.74, 6) is 0.465. The molecule has 0 aromatic heterocycles.